The highest BCUT2D eigenvalue weighted by Crippen LogP contribution is 2.34. The van der Waals surface area contributed by atoms with Gasteiger partial charge in [-0.25, -0.2) is 13.1 Å². The van der Waals surface area contributed by atoms with Crippen LogP contribution in [0.2, 0.25) is 0 Å². The van der Waals surface area contributed by atoms with E-state index in [-0.39, 0.29) is 18.2 Å². The molecule has 1 unspecified atom stereocenters. The summed E-state index contributed by atoms with van der Waals surface area (Å²) in [4.78, 5) is 12.1. The van der Waals surface area contributed by atoms with Crippen LogP contribution in [-0.2, 0) is 10.0 Å². The smallest absolute Gasteiger partial charge is 0.209 e. The number of thiophene rings is 1. The maximum atomic E-state index is 11.4. The van der Waals surface area contributed by atoms with Crippen LogP contribution in [0.5, 0.6) is 0 Å². The standard InChI is InChI=1S/C8H9NO3S2/c1-14(11,12)9-6-4-7(10)8-5(6)2-3-13-8/h2-3,6,9H,4H2,1H3. The number of carbonyl (C=O) groups is 1. The third-order valence-corrected chi connectivity index (χ3v) is 3.75. The molecule has 0 amide bonds. The Hall–Kier alpha value is -0.720. The average molecular weight is 231 g/mol. The normalized spacial score (nSPS) is 21.2. The van der Waals surface area contributed by atoms with Gasteiger partial charge in [-0.3, -0.25) is 4.79 Å². The fourth-order valence-corrected chi connectivity index (χ4v) is 3.21. The zero-order valence-electron chi connectivity index (χ0n) is 7.48. The van der Waals surface area contributed by atoms with Crippen molar-refractivity contribution >= 4 is 27.1 Å². The molecule has 1 aromatic heterocycles. The molecular formula is C8H9NO3S2. The summed E-state index contributed by atoms with van der Waals surface area (Å²) in [5, 5.41) is 1.80. The van der Waals surface area contributed by atoms with E-state index in [0.717, 1.165) is 11.8 Å². The van der Waals surface area contributed by atoms with Crippen LogP contribution >= 0.6 is 11.3 Å². The first-order valence-corrected chi connectivity index (χ1v) is 6.82. The van der Waals surface area contributed by atoms with Crippen LogP contribution in [0.3, 0.4) is 0 Å². The van der Waals surface area contributed by atoms with E-state index in [1.165, 1.54) is 11.3 Å². The monoisotopic (exact) mass is 231 g/mol. The molecular weight excluding hydrogens is 222 g/mol. The van der Waals surface area contributed by atoms with Gasteiger partial charge in [0.05, 0.1) is 17.2 Å². The Morgan fingerprint density at radius 2 is 2.29 bits per heavy atom. The van der Waals surface area contributed by atoms with Gasteiger partial charge in [0, 0.05) is 6.42 Å². The van der Waals surface area contributed by atoms with Crippen LogP contribution in [0.15, 0.2) is 11.4 Å². The summed E-state index contributed by atoms with van der Waals surface area (Å²) in [5.74, 6) is 0.0242. The largest absolute Gasteiger partial charge is 0.293 e. The maximum Gasteiger partial charge on any atom is 0.209 e. The van der Waals surface area contributed by atoms with Crippen molar-refractivity contribution in [2.45, 2.75) is 12.5 Å². The Kier molecular flexibility index (Phi) is 2.21. The summed E-state index contributed by atoms with van der Waals surface area (Å²) in [6.45, 7) is 0. The topological polar surface area (TPSA) is 63.2 Å². The van der Waals surface area contributed by atoms with Crippen molar-refractivity contribution in [3.63, 3.8) is 0 Å². The lowest BCUT2D eigenvalue weighted by molar-refractivity contribution is 0.0991. The lowest BCUT2D eigenvalue weighted by atomic mass is 10.2. The predicted molar refractivity (Wildman–Crippen MR) is 54.0 cm³/mol. The molecule has 2 rings (SSSR count). The van der Waals surface area contributed by atoms with Gasteiger partial charge in [-0.05, 0) is 17.0 Å². The van der Waals surface area contributed by atoms with Crippen LogP contribution in [0.1, 0.15) is 27.7 Å². The number of sulfonamides is 1. The van der Waals surface area contributed by atoms with Gasteiger partial charge in [0.15, 0.2) is 5.78 Å². The Morgan fingerprint density at radius 3 is 2.93 bits per heavy atom. The van der Waals surface area contributed by atoms with Crippen molar-refractivity contribution < 1.29 is 13.2 Å². The van der Waals surface area contributed by atoms with E-state index in [2.05, 4.69) is 4.72 Å². The molecule has 0 aromatic carbocycles. The second-order valence-electron chi connectivity index (χ2n) is 3.27. The van der Waals surface area contributed by atoms with Crippen LogP contribution < -0.4 is 4.72 Å². The number of hydrogen-bond donors (Lipinski definition) is 1. The first kappa shape index (κ1) is 9.82. The lowest BCUT2D eigenvalue weighted by Gasteiger charge is -2.08. The average Bonchev–Trinajstić information content (AvgIpc) is 2.54. The van der Waals surface area contributed by atoms with Gasteiger partial charge < -0.3 is 0 Å². The molecule has 76 valence electrons. The third kappa shape index (κ3) is 1.73. The molecule has 0 radical (unpaired) electrons. The van der Waals surface area contributed by atoms with E-state index in [4.69, 9.17) is 0 Å². The molecule has 1 heterocycles. The Bertz CT molecular complexity index is 475. The molecule has 0 fully saturated rings. The van der Waals surface area contributed by atoms with E-state index in [0.29, 0.717) is 4.88 Å². The van der Waals surface area contributed by atoms with E-state index in [1.807, 2.05) is 0 Å². The highest BCUT2D eigenvalue weighted by molar-refractivity contribution is 7.88. The van der Waals surface area contributed by atoms with Crippen molar-refractivity contribution in [3.05, 3.63) is 21.9 Å². The van der Waals surface area contributed by atoms with E-state index >= 15 is 0 Å². The number of ketones is 1. The second-order valence-corrected chi connectivity index (χ2v) is 5.97. The molecule has 1 N–H and O–H groups in total. The van der Waals surface area contributed by atoms with Crippen molar-refractivity contribution in [1.29, 1.82) is 0 Å². The zero-order chi connectivity index (χ0) is 10.3. The number of fused-ring (bicyclic) bond motifs is 1. The minimum atomic E-state index is -3.25. The van der Waals surface area contributed by atoms with Gasteiger partial charge in [0.1, 0.15) is 0 Å². The fraction of sp³-hybridized carbons (Fsp3) is 0.375. The van der Waals surface area contributed by atoms with E-state index < -0.39 is 10.0 Å². The highest BCUT2D eigenvalue weighted by Gasteiger charge is 2.31. The summed E-state index contributed by atoms with van der Waals surface area (Å²) in [5.41, 5.74) is 0.811. The molecule has 1 atom stereocenters. The number of Topliss-reactive ketones (excluding diaryl/α,β-unsaturated/α-hetero) is 1. The first-order chi connectivity index (χ1) is 6.47. The van der Waals surface area contributed by atoms with Crippen molar-refractivity contribution in [2.75, 3.05) is 6.26 Å². The maximum absolute atomic E-state index is 11.4. The molecule has 14 heavy (non-hydrogen) atoms. The summed E-state index contributed by atoms with van der Waals surface area (Å²) >= 11 is 1.37. The molecule has 0 saturated carbocycles. The zero-order valence-corrected chi connectivity index (χ0v) is 9.11. The van der Waals surface area contributed by atoms with Gasteiger partial charge >= 0.3 is 0 Å². The van der Waals surface area contributed by atoms with Crippen molar-refractivity contribution in [2.24, 2.45) is 0 Å². The number of carbonyl (C=O) groups excluding carboxylic acids is 1. The number of rotatable bonds is 2. The predicted octanol–water partition coefficient (Wildman–Crippen LogP) is 0.925. The van der Waals surface area contributed by atoms with Gasteiger partial charge in [-0.1, -0.05) is 0 Å². The van der Waals surface area contributed by atoms with Crippen molar-refractivity contribution in [1.82, 2.24) is 4.72 Å². The Labute approximate surface area is 86.0 Å². The molecule has 6 heteroatoms. The Morgan fingerprint density at radius 1 is 1.57 bits per heavy atom. The minimum absolute atomic E-state index is 0.0242. The van der Waals surface area contributed by atoms with E-state index in [1.54, 1.807) is 11.4 Å². The summed E-state index contributed by atoms with van der Waals surface area (Å²) < 4.78 is 24.5. The minimum Gasteiger partial charge on any atom is -0.293 e. The van der Waals surface area contributed by atoms with Crippen LogP contribution in [0, 0.1) is 0 Å². The highest BCUT2D eigenvalue weighted by atomic mass is 32.2. The number of nitrogens with one attached hydrogen (secondary N) is 1. The van der Waals surface area contributed by atoms with Crippen LogP contribution in [-0.4, -0.2) is 20.5 Å². The fourth-order valence-electron chi connectivity index (χ4n) is 1.57. The molecule has 0 aliphatic heterocycles. The lowest BCUT2D eigenvalue weighted by Crippen LogP contribution is -2.25. The van der Waals surface area contributed by atoms with Crippen molar-refractivity contribution in [3.8, 4) is 0 Å². The molecule has 0 saturated heterocycles. The molecule has 0 bridgehead atoms. The summed E-state index contributed by atoms with van der Waals surface area (Å²) in [7, 11) is -3.25. The van der Waals surface area contributed by atoms with E-state index in [9.17, 15) is 13.2 Å². The Balaban J connectivity index is 2.31. The van der Waals surface area contributed by atoms with Gasteiger partial charge in [-0.15, -0.1) is 11.3 Å². The number of hydrogen-bond acceptors (Lipinski definition) is 4. The molecule has 1 aromatic rings. The van der Waals surface area contributed by atoms with Gasteiger partial charge in [-0.2, -0.15) is 0 Å². The second kappa shape index (κ2) is 3.15. The molecule has 1 aliphatic rings. The summed E-state index contributed by atoms with van der Waals surface area (Å²) in [6, 6.07) is 1.44. The van der Waals surface area contributed by atoms with Gasteiger partial charge in [0.25, 0.3) is 0 Å². The first-order valence-electron chi connectivity index (χ1n) is 4.05. The van der Waals surface area contributed by atoms with Gasteiger partial charge in [0.2, 0.25) is 10.0 Å². The molecule has 1 aliphatic carbocycles. The van der Waals surface area contributed by atoms with Crippen LogP contribution in [0.4, 0.5) is 0 Å². The third-order valence-electron chi connectivity index (χ3n) is 2.07. The quantitative estimate of drug-likeness (QED) is 0.823. The summed E-state index contributed by atoms with van der Waals surface area (Å²) in [6.07, 6.45) is 1.34. The molecule has 4 nitrogen and oxygen atoms in total. The van der Waals surface area contributed by atoms with Crippen LogP contribution in [0.25, 0.3) is 0 Å². The molecule has 0 spiro atoms. The SMILES string of the molecule is CS(=O)(=O)NC1CC(=O)c2sccc21.